The van der Waals surface area contributed by atoms with Gasteiger partial charge in [0.1, 0.15) is 17.5 Å². The van der Waals surface area contributed by atoms with E-state index < -0.39 is 0 Å². The monoisotopic (exact) mass is 292 g/mol. The van der Waals surface area contributed by atoms with E-state index >= 15 is 0 Å². The van der Waals surface area contributed by atoms with Crippen LogP contribution in [0, 0.1) is 12.7 Å². The summed E-state index contributed by atoms with van der Waals surface area (Å²) >= 11 is 1.48. The first-order valence-corrected chi connectivity index (χ1v) is 7.55. The van der Waals surface area contributed by atoms with Crippen molar-refractivity contribution in [1.82, 2.24) is 9.97 Å². The average Bonchev–Trinajstić information content (AvgIpc) is 2.42. The summed E-state index contributed by atoms with van der Waals surface area (Å²) in [6, 6.07) is 6.46. The lowest BCUT2D eigenvalue weighted by molar-refractivity contribution is 0.627. The third kappa shape index (κ3) is 3.60. The lowest BCUT2D eigenvalue weighted by atomic mass is 10.2. The first kappa shape index (κ1) is 14.6. The van der Waals surface area contributed by atoms with Crippen molar-refractivity contribution >= 4 is 29.1 Å². The summed E-state index contributed by atoms with van der Waals surface area (Å²) in [5, 5.41) is 7.06. The van der Waals surface area contributed by atoms with Gasteiger partial charge in [0.2, 0.25) is 0 Å². The Balaban J connectivity index is 2.29. The molecule has 0 radical (unpaired) electrons. The van der Waals surface area contributed by atoms with Gasteiger partial charge in [-0.05, 0) is 43.9 Å². The van der Waals surface area contributed by atoms with Crippen LogP contribution in [0.3, 0.4) is 0 Å². The summed E-state index contributed by atoms with van der Waals surface area (Å²) in [6.07, 6.45) is 1.93. The molecule has 106 valence electrons. The Morgan fingerprint density at radius 3 is 2.60 bits per heavy atom. The van der Waals surface area contributed by atoms with E-state index in [0.717, 1.165) is 23.6 Å². The van der Waals surface area contributed by atoms with Gasteiger partial charge < -0.3 is 10.6 Å². The highest BCUT2D eigenvalue weighted by Gasteiger charge is 2.06. The first-order valence-electron chi connectivity index (χ1n) is 6.32. The molecule has 0 amide bonds. The van der Waals surface area contributed by atoms with E-state index in [4.69, 9.17) is 0 Å². The van der Waals surface area contributed by atoms with Crippen LogP contribution in [0.25, 0.3) is 0 Å². The molecule has 0 aliphatic heterocycles. The average molecular weight is 292 g/mol. The summed E-state index contributed by atoms with van der Waals surface area (Å²) in [5.74, 6) is 1.22. The Morgan fingerprint density at radius 2 is 1.95 bits per heavy atom. The summed E-state index contributed by atoms with van der Waals surface area (Å²) in [7, 11) is 0. The third-order valence-corrected chi connectivity index (χ3v) is 3.25. The number of aromatic nitrogens is 2. The molecular formula is C14H17FN4S. The number of thioether (sulfide) groups is 1. The van der Waals surface area contributed by atoms with Crippen LogP contribution in [0.2, 0.25) is 0 Å². The molecule has 0 aliphatic carbocycles. The van der Waals surface area contributed by atoms with Crippen molar-refractivity contribution in [2.24, 2.45) is 0 Å². The molecule has 0 spiro atoms. The Morgan fingerprint density at radius 1 is 1.20 bits per heavy atom. The van der Waals surface area contributed by atoms with Crippen molar-refractivity contribution in [3.63, 3.8) is 0 Å². The van der Waals surface area contributed by atoms with Crippen LogP contribution in [0.4, 0.5) is 21.7 Å². The highest BCUT2D eigenvalue weighted by atomic mass is 32.2. The second-order valence-corrected chi connectivity index (χ2v) is 5.01. The zero-order chi connectivity index (χ0) is 14.5. The molecule has 1 aromatic heterocycles. The second-order valence-electron chi connectivity index (χ2n) is 4.24. The maximum Gasteiger partial charge on any atom is 0.191 e. The second kappa shape index (κ2) is 6.56. The van der Waals surface area contributed by atoms with Crippen molar-refractivity contribution in [3.05, 3.63) is 35.6 Å². The van der Waals surface area contributed by atoms with Crippen LogP contribution >= 0.6 is 11.8 Å². The highest BCUT2D eigenvalue weighted by Crippen LogP contribution is 2.23. The molecule has 1 heterocycles. The lowest BCUT2D eigenvalue weighted by Gasteiger charge is -2.11. The predicted octanol–water partition coefficient (Wildman–Crippen LogP) is 3.82. The zero-order valence-corrected chi connectivity index (χ0v) is 12.5. The van der Waals surface area contributed by atoms with Gasteiger partial charge in [-0.2, -0.15) is 0 Å². The number of anilines is 3. The van der Waals surface area contributed by atoms with Gasteiger partial charge in [0.25, 0.3) is 0 Å². The maximum absolute atomic E-state index is 13.1. The number of rotatable bonds is 5. The Bertz CT molecular complexity index is 604. The smallest absolute Gasteiger partial charge is 0.191 e. The van der Waals surface area contributed by atoms with Gasteiger partial charge in [-0.1, -0.05) is 11.8 Å². The topological polar surface area (TPSA) is 49.8 Å². The van der Waals surface area contributed by atoms with Crippen LogP contribution < -0.4 is 10.6 Å². The quantitative estimate of drug-likeness (QED) is 0.648. The molecule has 0 unspecified atom stereocenters. The molecule has 0 aliphatic rings. The van der Waals surface area contributed by atoms with Crippen molar-refractivity contribution in [3.8, 4) is 0 Å². The molecule has 2 rings (SSSR count). The van der Waals surface area contributed by atoms with Gasteiger partial charge in [-0.3, -0.25) is 0 Å². The predicted molar refractivity (Wildman–Crippen MR) is 82.4 cm³/mol. The van der Waals surface area contributed by atoms with E-state index in [1.54, 1.807) is 6.07 Å². The molecule has 1 aromatic carbocycles. The highest BCUT2D eigenvalue weighted by molar-refractivity contribution is 7.98. The minimum Gasteiger partial charge on any atom is -0.370 e. The molecule has 0 atom stereocenters. The van der Waals surface area contributed by atoms with Crippen LogP contribution in [-0.4, -0.2) is 22.8 Å². The fraction of sp³-hybridized carbons (Fsp3) is 0.286. The van der Waals surface area contributed by atoms with E-state index in [1.165, 1.54) is 23.9 Å². The van der Waals surface area contributed by atoms with Crippen LogP contribution in [-0.2, 0) is 0 Å². The number of halogens is 1. The van der Waals surface area contributed by atoms with Crippen LogP contribution in [0.5, 0.6) is 0 Å². The molecule has 2 N–H and O–H groups in total. The lowest BCUT2D eigenvalue weighted by Crippen LogP contribution is -2.04. The van der Waals surface area contributed by atoms with Crippen molar-refractivity contribution in [1.29, 1.82) is 0 Å². The van der Waals surface area contributed by atoms with Gasteiger partial charge >= 0.3 is 0 Å². The van der Waals surface area contributed by atoms with Crippen molar-refractivity contribution in [2.45, 2.75) is 19.0 Å². The third-order valence-electron chi connectivity index (χ3n) is 2.70. The number of nitrogens with one attached hydrogen (secondary N) is 2. The van der Waals surface area contributed by atoms with Crippen LogP contribution in [0.1, 0.15) is 12.5 Å². The van der Waals surface area contributed by atoms with E-state index in [9.17, 15) is 4.39 Å². The van der Waals surface area contributed by atoms with Crippen molar-refractivity contribution < 1.29 is 4.39 Å². The summed E-state index contributed by atoms with van der Waals surface area (Å²) < 4.78 is 13.1. The Labute approximate surface area is 122 Å². The van der Waals surface area contributed by atoms with Gasteiger partial charge in [0.05, 0.1) is 0 Å². The number of aryl methyl sites for hydroxylation is 1. The van der Waals surface area contributed by atoms with E-state index in [0.29, 0.717) is 11.0 Å². The number of nitrogens with zero attached hydrogens (tertiary/aromatic N) is 2. The number of benzene rings is 1. The summed E-state index contributed by atoms with van der Waals surface area (Å²) in [6.45, 7) is 4.66. The maximum atomic E-state index is 13.1. The largest absolute Gasteiger partial charge is 0.370 e. The van der Waals surface area contributed by atoms with Gasteiger partial charge in [-0.15, -0.1) is 0 Å². The summed E-state index contributed by atoms with van der Waals surface area (Å²) in [5.41, 5.74) is 1.67. The fourth-order valence-corrected chi connectivity index (χ4v) is 2.14. The molecule has 6 heteroatoms. The first-order chi connectivity index (χ1) is 9.62. The van der Waals surface area contributed by atoms with E-state index in [1.807, 2.05) is 26.2 Å². The molecule has 20 heavy (non-hydrogen) atoms. The Hall–Kier alpha value is -1.82. The normalized spacial score (nSPS) is 10.4. The molecule has 4 nitrogen and oxygen atoms in total. The van der Waals surface area contributed by atoms with Crippen molar-refractivity contribution in [2.75, 3.05) is 23.4 Å². The van der Waals surface area contributed by atoms with Crippen LogP contribution in [0.15, 0.2) is 29.4 Å². The van der Waals surface area contributed by atoms with E-state index in [-0.39, 0.29) is 5.82 Å². The SMILES string of the molecule is CCNc1cc(Nc2ccc(F)cc2C)nc(SC)n1. The molecular weight excluding hydrogens is 275 g/mol. The fourth-order valence-electron chi connectivity index (χ4n) is 1.76. The minimum atomic E-state index is -0.242. The summed E-state index contributed by atoms with van der Waals surface area (Å²) in [4.78, 5) is 8.76. The Kier molecular flexibility index (Phi) is 4.79. The molecule has 0 saturated heterocycles. The standard InChI is InChI=1S/C14H17FN4S/c1-4-16-12-8-13(19-14(18-12)20-3)17-11-6-5-10(15)7-9(11)2/h5-8H,4H2,1-3H3,(H2,16,17,18,19). The minimum absolute atomic E-state index is 0.242. The molecule has 0 fully saturated rings. The number of hydrogen-bond acceptors (Lipinski definition) is 5. The van der Waals surface area contributed by atoms with E-state index in [2.05, 4.69) is 20.6 Å². The molecule has 0 saturated carbocycles. The molecule has 2 aromatic rings. The van der Waals surface area contributed by atoms with Gasteiger partial charge in [-0.25, -0.2) is 14.4 Å². The zero-order valence-electron chi connectivity index (χ0n) is 11.7. The van der Waals surface area contributed by atoms with Gasteiger partial charge in [0.15, 0.2) is 5.16 Å². The number of hydrogen-bond donors (Lipinski definition) is 2. The van der Waals surface area contributed by atoms with Gasteiger partial charge in [0, 0.05) is 18.3 Å². The molecule has 0 bridgehead atoms.